The Morgan fingerprint density at radius 2 is 1.75 bits per heavy atom. The van der Waals surface area contributed by atoms with Gasteiger partial charge in [0.1, 0.15) is 0 Å². The molecule has 2 rings (SSSR count). The second kappa shape index (κ2) is 5.04. The van der Waals surface area contributed by atoms with Crippen LogP contribution in [0.15, 0.2) is 21.4 Å². The van der Waals surface area contributed by atoms with E-state index < -0.39 is 6.10 Å². The molecule has 0 bridgehead atoms. The van der Waals surface area contributed by atoms with Crippen molar-refractivity contribution in [2.45, 2.75) is 33.3 Å². The Morgan fingerprint density at radius 3 is 2.25 bits per heavy atom. The van der Waals surface area contributed by atoms with Crippen molar-refractivity contribution in [3.05, 3.63) is 32.7 Å². The van der Waals surface area contributed by atoms with E-state index in [-0.39, 0.29) is 11.1 Å². The molecule has 2 aromatic rings. The summed E-state index contributed by atoms with van der Waals surface area (Å²) in [6, 6.07) is 3.81. The van der Waals surface area contributed by atoms with Crippen LogP contribution in [0.3, 0.4) is 0 Å². The molecule has 1 N–H and O–H groups in total. The molecule has 5 heteroatoms. The van der Waals surface area contributed by atoms with Gasteiger partial charge in [0, 0.05) is 18.6 Å². The van der Waals surface area contributed by atoms with Crippen molar-refractivity contribution in [2.75, 3.05) is 0 Å². The van der Waals surface area contributed by atoms with Gasteiger partial charge in [0.2, 0.25) is 0 Å². The largest absolute Gasteiger partial charge is 0.388 e. The van der Waals surface area contributed by atoms with E-state index in [1.54, 1.807) is 23.2 Å². The topological polar surface area (TPSA) is 47.2 Å². The minimum absolute atomic E-state index is 0.0618. The molecule has 0 aliphatic heterocycles. The molecule has 1 heterocycles. The highest BCUT2D eigenvalue weighted by atomic mass is 79.9. The minimum atomic E-state index is -0.582. The van der Waals surface area contributed by atoms with E-state index in [1.807, 2.05) is 26.0 Å². The van der Waals surface area contributed by atoms with Gasteiger partial charge in [-0.3, -0.25) is 9.13 Å². The van der Waals surface area contributed by atoms with Crippen molar-refractivity contribution in [3.8, 4) is 0 Å². The van der Waals surface area contributed by atoms with Crippen LogP contribution in [0, 0.1) is 5.41 Å². The van der Waals surface area contributed by atoms with E-state index in [2.05, 4.69) is 22.9 Å². The summed E-state index contributed by atoms with van der Waals surface area (Å²) in [6.07, 6.45) is 0.286. The maximum Gasteiger partial charge on any atom is 0.328 e. The number of hydrogen-bond donors (Lipinski definition) is 1. The fourth-order valence-electron chi connectivity index (χ4n) is 2.36. The van der Waals surface area contributed by atoms with Crippen LogP contribution in [-0.4, -0.2) is 14.2 Å². The molecular formula is C15H21BrN2O2. The van der Waals surface area contributed by atoms with Crippen LogP contribution in [0.1, 0.15) is 38.9 Å². The van der Waals surface area contributed by atoms with Crippen LogP contribution >= 0.6 is 15.9 Å². The van der Waals surface area contributed by atoms with Crippen LogP contribution in [0.2, 0.25) is 0 Å². The Kier molecular flexibility index (Phi) is 3.86. The lowest BCUT2D eigenvalue weighted by Crippen LogP contribution is -2.21. The van der Waals surface area contributed by atoms with Gasteiger partial charge in [-0.2, -0.15) is 0 Å². The molecule has 0 fully saturated rings. The summed E-state index contributed by atoms with van der Waals surface area (Å²) < 4.78 is 4.05. The third-order valence-electron chi connectivity index (χ3n) is 4.34. The lowest BCUT2D eigenvalue weighted by atomic mass is 9.80. The van der Waals surface area contributed by atoms with Gasteiger partial charge in [0.15, 0.2) is 0 Å². The van der Waals surface area contributed by atoms with Crippen LogP contribution in [0.25, 0.3) is 11.0 Å². The third kappa shape index (κ3) is 2.23. The first-order valence-electron chi connectivity index (χ1n) is 6.73. The molecule has 0 spiro atoms. The van der Waals surface area contributed by atoms with E-state index in [4.69, 9.17) is 0 Å². The monoisotopic (exact) mass is 340 g/mol. The van der Waals surface area contributed by atoms with Crippen molar-refractivity contribution in [3.63, 3.8) is 0 Å². The first-order valence-corrected chi connectivity index (χ1v) is 7.53. The maximum absolute atomic E-state index is 12.0. The normalized spacial score (nSPS) is 13.9. The number of aliphatic hydroxyl groups excluding tert-OH is 1. The zero-order chi connectivity index (χ0) is 15.2. The first-order chi connectivity index (χ1) is 9.20. The van der Waals surface area contributed by atoms with E-state index in [0.717, 1.165) is 27.5 Å². The zero-order valence-corrected chi connectivity index (χ0v) is 14.2. The molecule has 1 aromatic heterocycles. The molecular weight excluding hydrogens is 320 g/mol. The summed E-state index contributed by atoms with van der Waals surface area (Å²) >= 11 is 3.52. The minimum Gasteiger partial charge on any atom is -0.388 e. The number of benzene rings is 1. The van der Waals surface area contributed by atoms with E-state index in [0.29, 0.717) is 0 Å². The highest BCUT2D eigenvalue weighted by molar-refractivity contribution is 9.10. The number of aromatic nitrogens is 2. The van der Waals surface area contributed by atoms with Gasteiger partial charge in [-0.1, -0.05) is 36.7 Å². The number of imidazole rings is 1. The van der Waals surface area contributed by atoms with Gasteiger partial charge in [0.25, 0.3) is 0 Å². The molecule has 0 saturated carbocycles. The lowest BCUT2D eigenvalue weighted by molar-refractivity contribution is 0.0461. The Morgan fingerprint density at radius 1 is 1.25 bits per heavy atom. The molecule has 0 aliphatic rings. The van der Waals surface area contributed by atoms with E-state index in [9.17, 15) is 9.90 Å². The molecule has 4 nitrogen and oxygen atoms in total. The van der Waals surface area contributed by atoms with Crippen LogP contribution in [-0.2, 0) is 14.1 Å². The third-order valence-corrected chi connectivity index (χ3v) is 5.02. The maximum atomic E-state index is 12.0. The number of aliphatic hydroxyl groups is 1. The predicted octanol–water partition coefficient (Wildman–Crippen LogP) is 3.11. The number of rotatable bonds is 3. The summed E-state index contributed by atoms with van der Waals surface area (Å²) in [7, 11) is 3.50. The molecule has 1 atom stereocenters. The average molecular weight is 341 g/mol. The summed E-state index contributed by atoms with van der Waals surface area (Å²) in [5, 5.41) is 10.6. The summed E-state index contributed by atoms with van der Waals surface area (Å²) in [5.74, 6) is 0. The van der Waals surface area contributed by atoms with Crippen molar-refractivity contribution in [2.24, 2.45) is 19.5 Å². The molecule has 20 heavy (non-hydrogen) atoms. The molecule has 110 valence electrons. The van der Waals surface area contributed by atoms with Gasteiger partial charge in [0.05, 0.1) is 17.1 Å². The van der Waals surface area contributed by atoms with Crippen molar-refractivity contribution < 1.29 is 5.11 Å². The van der Waals surface area contributed by atoms with Crippen LogP contribution < -0.4 is 5.69 Å². The number of aryl methyl sites for hydroxylation is 2. The SMILES string of the molecule is CCC(C)(C)C(O)c1cc2c(cc1Br)n(C)c(=O)n2C. The number of halogens is 1. The highest BCUT2D eigenvalue weighted by Crippen LogP contribution is 2.40. The molecule has 0 radical (unpaired) electrons. The average Bonchev–Trinajstić information content (AvgIpc) is 2.62. The number of hydrogen-bond acceptors (Lipinski definition) is 2. The van der Waals surface area contributed by atoms with Gasteiger partial charge in [-0.15, -0.1) is 0 Å². The fraction of sp³-hybridized carbons (Fsp3) is 0.533. The Hall–Kier alpha value is -1.07. The quantitative estimate of drug-likeness (QED) is 0.933. The fourth-order valence-corrected chi connectivity index (χ4v) is 2.91. The highest BCUT2D eigenvalue weighted by Gasteiger charge is 2.29. The lowest BCUT2D eigenvalue weighted by Gasteiger charge is -2.30. The summed E-state index contributed by atoms with van der Waals surface area (Å²) in [5.41, 5.74) is 2.24. The standard InChI is InChI=1S/C15H21BrN2O2/c1-6-15(2,3)13(19)9-7-11-12(8-10(9)16)18(5)14(20)17(11)4/h7-8,13,19H,6H2,1-5H3. The molecule has 1 aromatic carbocycles. The molecule has 0 saturated heterocycles. The Balaban J connectivity index is 2.71. The number of fused-ring (bicyclic) bond motifs is 1. The van der Waals surface area contributed by atoms with Gasteiger partial charge < -0.3 is 5.11 Å². The van der Waals surface area contributed by atoms with Gasteiger partial charge >= 0.3 is 5.69 Å². The first kappa shape index (κ1) is 15.3. The smallest absolute Gasteiger partial charge is 0.328 e. The van der Waals surface area contributed by atoms with E-state index >= 15 is 0 Å². The van der Waals surface area contributed by atoms with Crippen molar-refractivity contribution in [1.82, 2.24) is 9.13 Å². The molecule has 0 aliphatic carbocycles. The summed E-state index contributed by atoms with van der Waals surface area (Å²) in [4.78, 5) is 12.0. The molecule has 1 unspecified atom stereocenters. The second-order valence-corrected chi connectivity index (χ2v) is 6.86. The zero-order valence-electron chi connectivity index (χ0n) is 12.6. The number of nitrogens with zero attached hydrogens (tertiary/aromatic N) is 2. The van der Waals surface area contributed by atoms with Crippen molar-refractivity contribution in [1.29, 1.82) is 0 Å². The van der Waals surface area contributed by atoms with Crippen molar-refractivity contribution >= 4 is 27.0 Å². The Labute approximate surface area is 127 Å². The molecule has 0 amide bonds. The predicted molar refractivity (Wildman–Crippen MR) is 84.9 cm³/mol. The summed E-state index contributed by atoms with van der Waals surface area (Å²) in [6.45, 7) is 6.14. The van der Waals surface area contributed by atoms with Crippen LogP contribution in [0.5, 0.6) is 0 Å². The van der Waals surface area contributed by atoms with Gasteiger partial charge in [-0.25, -0.2) is 4.79 Å². The second-order valence-electron chi connectivity index (χ2n) is 6.01. The Bertz CT molecular complexity index is 713. The van der Waals surface area contributed by atoms with Gasteiger partial charge in [-0.05, 0) is 29.5 Å². The van der Waals surface area contributed by atoms with E-state index in [1.165, 1.54) is 0 Å². The van der Waals surface area contributed by atoms with Crippen LogP contribution in [0.4, 0.5) is 0 Å².